The monoisotopic (exact) mass is 470 g/mol. The summed E-state index contributed by atoms with van der Waals surface area (Å²) < 4.78 is 7.42. The number of para-hydroxylation sites is 1. The Labute approximate surface area is 182 Å². The quantitative estimate of drug-likeness (QED) is 0.471. The number of fused-ring (bicyclic) bond motifs is 2. The SMILES string of the molecule is O=C(N[C@H]1CC2(CCNCC2)Oc2ccc(Br)cc21)c1cccc2c(CO)n[nH]c12. The molecule has 2 aliphatic heterocycles. The topological polar surface area (TPSA) is 99.3 Å². The van der Waals surface area contributed by atoms with Gasteiger partial charge in [-0.3, -0.25) is 9.89 Å². The fourth-order valence-electron chi connectivity index (χ4n) is 4.60. The van der Waals surface area contributed by atoms with Gasteiger partial charge in [0.15, 0.2) is 0 Å². The average molecular weight is 471 g/mol. The van der Waals surface area contributed by atoms with Crippen LogP contribution in [0.4, 0.5) is 0 Å². The third kappa shape index (κ3) is 3.38. The molecule has 1 aromatic heterocycles. The molecule has 0 aliphatic carbocycles. The molecule has 7 nitrogen and oxygen atoms in total. The highest BCUT2D eigenvalue weighted by atomic mass is 79.9. The van der Waals surface area contributed by atoms with E-state index >= 15 is 0 Å². The van der Waals surface area contributed by atoms with E-state index in [9.17, 15) is 9.90 Å². The highest BCUT2D eigenvalue weighted by Crippen LogP contribution is 2.44. The van der Waals surface area contributed by atoms with Gasteiger partial charge in [-0.1, -0.05) is 28.1 Å². The van der Waals surface area contributed by atoms with Crippen molar-refractivity contribution in [1.29, 1.82) is 0 Å². The summed E-state index contributed by atoms with van der Waals surface area (Å²) in [6.45, 7) is 1.64. The molecule has 156 valence electrons. The summed E-state index contributed by atoms with van der Waals surface area (Å²) in [6.07, 6.45) is 2.54. The number of aromatic nitrogens is 2. The van der Waals surface area contributed by atoms with Crippen molar-refractivity contribution in [3.05, 3.63) is 57.7 Å². The van der Waals surface area contributed by atoms with Crippen LogP contribution in [0.3, 0.4) is 0 Å². The third-order valence-corrected chi connectivity index (χ3v) is 6.64. The fraction of sp³-hybridized carbons (Fsp3) is 0.364. The van der Waals surface area contributed by atoms with Gasteiger partial charge in [0.2, 0.25) is 0 Å². The molecule has 30 heavy (non-hydrogen) atoms. The summed E-state index contributed by atoms with van der Waals surface area (Å²) in [7, 11) is 0. The number of carbonyl (C=O) groups is 1. The number of H-pyrrole nitrogens is 1. The summed E-state index contributed by atoms with van der Waals surface area (Å²) in [5.41, 5.74) is 2.40. The number of carbonyl (C=O) groups excluding carboxylic acids is 1. The summed E-state index contributed by atoms with van der Waals surface area (Å²) in [6, 6.07) is 11.3. The minimum Gasteiger partial charge on any atom is -0.487 e. The van der Waals surface area contributed by atoms with Crippen LogP contribution in [0.1, 0.15) is 46.9 Å². The zero-order chi connectivity index (χ0) is 20.7. The van der Waals surface area contributed by atoms with Gasteiger partial charge in [-0.15, -0.1) is 0 Å². The molecule has 2 aromatic carbocycles. The molecule has 1 spiro atoms. The van der Waals surface area contributed by atoms with Gasteiger partial charge in [0.25, 0.3) is 5.91 Å². The molecule has 1 saturated heterocycles. The number of nitrogens with one attached hydrogen (secondary N) is 3. The summed E-state index contributed by atoms with van der Waals surface area (Å²) in [5, 5.41) is 23.9. The Morgan fingerprint density at radius 2 is 2.13 bits per heavy atom. The van der Waals surface area contributed by atoms with E-state index in [4.69, 9.17) is 4.74 Å². The Hall–Kier alpha value is -2.42. The van der Waals surface area contributed by atoms with Crippen molar-refractivity contribution in [2.75, 3.05) is 13.1 Å². The molecule has 3 aromatic rings. The number of nitrogens with zero attached hydrogens (tertiary/aromatic N) is 1. The number of hydrogen-bond donors (Lipinski definition) is 4. The van der Waals surface area contributed by atoms with Gasteiger partial charge >= 0.3 is 0 Å². The van der Waals surface area contributed by atoms with Crippen molar-refractivity contribution in [2.24, 2.45) is 0 Å². The lowest BCUT2D eigenvalue weighted by Crippen LogP contribution is -2.51. The molecule has 8 heteroatoms. The third-order valence-electron chi connectivity index (χ3n) is 6.14. The van der Waals surface area contributed by atoms with Crippen LogP contribution in [0.2, 0.25) is 0 Å². The molecule has 1 atom stereocenters. The van der Waals surface area contributed by atoms with Gasteiger partial charge in [-0.25, -0.2) is 0 Å². The van der Waals surface area contributed by atoms with E-state index < -0.39 is 0 Å². The Bertz CT molecular complexity index is 1110. The number of aromatic amines is 1. The van der Waals surface area contributed by atoms with Crippen molar-refractivity contribution in [1.82, 2.24) is 20.8 Å². The maximum Gasteiger partial charge on any atom is 0.253 e. The Kier molecular flexibility index (Phi) is 5.00. The number of rotatable bonds is 3. The second-order valence-corrected chi connectivity index (χ2v) is 8.92. The van der Waals surface area contributed by atoms with E-state index in [1.165, 1.54) is 0 Å². The largest absolute Gasteiger partial charge is 0.487 e. The van der Waals surface area contributed by atoms with Crippen LogP contribution < -0.4 is 15.4 Å². The molecule has 0 bridgehead atoms. The Morgan fingerprint density at radius 1 is 1.30 bits per heavy atom. The second-order valence-electron chi connectivity index (χ2n) is 8.00. The standard InChI is InChI=1S/C22H23BrN4O3/c23-13-4-5-19-16(10-13)17(11-22(30-19)6-8-24-9-7-22)25-21(29)15-3-1-2-14-18(12-28)26-27-20(14)15/h1-5,10,17,24,28H,6-9,11-12H2,(H,25,29)(H,26,27)/t17-/m0/s1. The molecule has 2 aliphatic rings. The molecule has 0 unspecified atom stereocenters. The molecule has 1 fully saturated rings. The summed E-state index contributed by atoms with van der Waals surface area (Å²) in [5.74, 6) is 0.662. The smallest absolute Gasteiger partial charge is 0.253 e. The number of ether oxygens (including phenoxy) is 1. The van der Waals surface area contributed by atoms with Crippen LogP contribution in [-0.2, 0) is 6.61 Å². The highest BCUT2D eigenvalue weighted by Gasteiger charge is 2.42. The van der Waals surface area contributed by atoms with E-state index in [1.807, 2.05) is 30.3 Å². The van der Waals surface area contributed by atoms with Crippen LogP contribution in [0, 0.1) is 0 Å². The van der Waals surface area contributed by atoms with Gasteiger partial charge in [0.1, 0.15) is 11.4 Å². The van der Waals surface area contributed by atoms with Gasteiger partial charge in [-0.2, -0.15) is 5.10 Å². The summed E-state index contributed by atoms with van der Waals surface area (Å²) >= 11 is 3.54. The minimum atomic E-state index is -0.270. The molecule has 0 saturated carbocycles. The normalized spacial score (nSPS) is 20.0. The lowest BCUT2D eigenvalue weighted by molar-refractivity contribution is 0.00362. The fourth-order valence-corrected chi connectivity index (χ4v) is 4.98. The van der Waals surface area contributed by atoms with Crippen LogP contribution in [0.5, 0.6) is 5.75 Å². The van der Waals surface area contributed by atoms with Gasteiger partial charge in [-0.05, 0) is 50.2 Å². The van der Waals surface area contributed by atoms with Crippen molar-refractivity contribution >= 4 is 32.7 Å². The Morgan fingerprint density at radius 3 is 2.93 bits per heavy atom. The Balaban J connectivity index is 1.49. The number of hydrogen-bond acceptors (Lipinski definition) is 5. The number of benzene rings is 2. The van der Waals surface area contributed by atoms with E-state index in [0.717, 1.165) is 53.5 Å². The first-order valence-corrected chi connectivity index (χ1v) is 10.9. The van der Waals surface area contributed by atoms with Crippen LogP contribution in [0.15, 0.2) is 40.9 Å². The van der Waals surface area contributed by atoms with E-state index in [-0.39, 0.29) is 24.2 Å². The van der Waals surface area contributed by atoms with Gasteiger partial charge in [0.05, 0.1) is 29.4 Å². The number of amides is 1. The van der Waals surface area contributed by atoms with E-state index in [2.05, 4.69) is 36.8 Å². The van der Waals surface area contributed by atoms with Gasteiger partial charge < -0.3 is 20.5 Å². The highest BCUT2D eigenvalue weighted by molar-refractivity contribution is 9.10. The number of aliphatic hydroxyl groups is 1. The first-order chi connectivity index (χ1) is 14.6. The molecular formula is C22H23BrN4O3. The zero-order valence-electron chi connectivity index (χ0n) is 16.4. The molecule has 1 amide bonds. The van der Waals surface area contributed by atoms with E-state index in [0.29, 0.717) is 16.8 Å². The lowest BCUT2D eigenvalue weighted by atomic mass is 9.81. The minimum absolute atomic E-state index is 0.160. The zero-order valence-corrected chi connectivity index (χ0v) is 18.0. The van der Waals surface area contributed by atoms with Crippen molar-refractivity contribution in [2.45, 2.75) is 37.5 Å². The van der Waals surface area contributed by atoms with Crippen molar-refractivity contribution in [3.8, 4) is 5.75 Å². The first kappa shape index (κ1) is 19.5. The van der Waals surface area contributed by atoms with Crippen LogP contribution in [-0.4, -0.2) is 39.9 Å². The summed E-state index contributed by atoms with van der Waals surface area (Å²) in [4.78, 5) is 13.3. The van der Waals surface area contributed by atoms with Crippen molar-refractivity contribution < 1.29 is 14.6 Å². The van der Waals surface area contributed by atoms with Crippen LogP contribution in [0.25, 0.3) is 10.9 Å². The molecule has 0 radical (unpaired) electrons. The maximum absolute atomic E-state index is 13.3. The predicted octanol–water partition coefficient (Wildman–Crippen LogP) is 3.19. The first-order valence-electron chi connectivity index (χ1n) is 10.2. The molecule has 3 heterocycles. The predicted molar refractivity (Wildman–Crippen MR) is 116 cm³/mol. The average Bonchev–Trinajstić information content (AvgIpc) is 3.18. The number of halogens is 1. The molecule has 5 rings (SSSR count). The molecule has 4 N–H and O–H groups in total. The van der Waals surface area contributed by atoms with Gasteiger partial charge in [0, 0.05) is 21.8 Å². The number of aliphatic hydroxyl groups excluding tert-OH is 1. The number of piperidine rings is 1. The van der Waals surface area contributed by atoms with Crippen LogP contribution >= 0.6 is 15.9 Å². The molecular weight excluding hydrogens is 448 g/mol. The second kappa shape index (κ2) is 7.68. The van der Waals surface area contributed by atoms with E-state index in [1.54, 1.807) is 6.07 Å². The van der Waals surface area contributed by atoms with Crippen molar-refractivity contribution in [3.63, 3.8) is 0 Å². The maximum atomic E-state index is 13.3. The lowest BCUT2D eigenvalue weighted by Gasteiger charge is -2.44.